The Morgan fingerprint density at radius 2 is 1.71 bits per heavy atom. The first-order chi connectivity index (χ1) is 7.69. The zero-order valence-electron chi connectivity index (χ0n) is 11.7. The third-order valence-corrected chi connectivity index (χ3v) is 4.61. The van der Waals surface area contributed by atoms with Crippen molar-refractivity contribution in [2.24, 2.45) is 11.1 Å². The second-order valence-electron chi connectivity index (χ2n) is 5.80. The summed E-state index contributed by atoms with van der Waals surface area (Å²) in [5.74, 6) is 0.240. The Morgan fingerprint density at radius 1 is 1.12 bits per heavy atom. The molecule has 0 aromatic rings. The molecule has 17 heavy (non-hydrogen) atoms. The number of sulfonamides is 1. The van der Waals surface area contributed by atoms with Gasteiger partial charge in [-0.15, -0.1) is 0 Å². The Morgan fingerprint density at radius 3 is 2.18 bits per heavy atom. The van der Waals surface area contributed by atoms with Gasteiger partial charge < -0.3 is 5.73 Å². The van der Waals surface area contributed by atoms with Gasteiger partial charge in [0.1, 0.15) is 0 Å². The maximum atomic E-state index is 11.9. The molecular weight excluding hydrogens is 236 g/mol. The van der Waals surface area contributed by atoms with Crippen molar-refractivity contribution in [2.45, 2.75) is 46.5 Å². The maximum Gasteiger partial charge on any atom is 0.213 e. The van der Waals surface area contributed by atoms with Gasteiger partial charge in [-0.3, -0.25) is 0 Å². The van der Waals surface area contributed by atoms with Crippen LogP contribution in [0.2, 0.25) is 0 Å². The second-order valence-corrected chi connectivity index (χ2v) is 7.99. The summed E-state index contributed by atoms with van der Waals surface area (Å²) in [5, 5.41) is 0. The molecule has 0 radical (unpaired) electrons. The van der Waals surface area contributed by atoms with Crippen LogP contribution < -0.4 is 5.73 Å². The Kier molecular flexibility index (Phi) is 7.28. The summed E-state index contributed by atoms with van der Waals surface area (Å²) in [6.07, 6.45) is 3.55. The molecule has 0 saturated carbocycles. The average Bonchev–Trinajstić information content (AvgIpc) is 2.20. The van der Waals surface area contributed by atoms with Crippen LogP contribution in [0.1, 0.15) is 46.5 Å². The van der Waals surface area contributed by atoms with Crippen LogP contribution >= 0.6 is 0 Å². The summed E-state index contributed by atoms with van der Waals surface area (Å²) in [7, 11) is -1.41. The lowest BCUT2D eigenvalue weighted by Crippen LogP contribution is -2.31. The summed E-state index contributed by atoms with van der Waals surface area (Å²) in [4.78, 5) is 0. The van der Waals surface area contributed by atoms with Gasteiger partial charge in [0.25, 0.3) is 0 Å². The first kappa shape index (κ1) is 16.9. The fraction of sp³-hybridized carbons (Fsp3) is 1.00. The molecule has 0 bridgehead atoms. The highest BCUT2D eigenvalue weighted by Crippen LogP contribution is 2.20. The third-order valence-electron chi connectivity index (χ3n) is 2.76. The van der Waals surface area contributed by atoms with Crippen LogP contribution in [0.25, 0.3) is 0 Å². The minimum absolute atomic E-state index is 0.0630. The van der Waals surface area contributed by atoms with Crippen LogP contribution in [0.3, 0.4) is 0 Å². The SMILES string of the molecule is CN(CCCCCN)S(=O)(=O)CCC(C)(C)C. The van der Waals surface area contributed by atoms with Gasteiger partial charge in [-0.1, -0.05) is 27.2 Å². The molecule has 0 atom stereocenters. The minimum Gasteiger partial charge on any atom is -0.330 e. The van der Waals surface area contributed by atoms with E-state index in [1.807, 2.05) is 0 Å². The van der Waals surface area contributed by atoms with Crippen molar-refractivity contribution in [2.75, 3.05) is 25.9 Å². The van der Waals surface area contributed by atoms with Crippen LogP contribution in [0.4, 0.5) is 0 Å². The van der Waals surface area contributed by atoms with Crippen molar-refractivity contribution < 1.29 is 8.42 Å². The molecule has 0 aromatic carbocycles. The number of unbranched alkanes of at least 4 members (excludes halogenated alkanes) is 2. The van der Waals surface area contributed by atoms with Gasteiger partial charge in [0.05, 0.1) is 5.75 Å². The van der Waals surface area contributed by atoms with Gasteiger partial charge in [-0.25, -0.2) is 12.7 Å². The molecule has 0 aliphatic rings. The van der Waals surface area contributed by atoms with Crippen molar-refractivity contribution in [1.29, 1.82) is 0 Å². The zero-order chi connectivity index (χ0) is 13.5. The Hall–Kier alpha value is -0.130. The molecule has 2 N–H and O–H groups in total. The van der Waals surface area contributed by atoms with E-state index in [-0.39, 0.29) is 11.2 Å². The fourth-order valence-corrected chi connectivity index (χ4v) is 2.97. The quantitative estimate of drug-likeness (QED) is 0.680. The molecule has 0 spiro atoms. The van der Waals surface area contributed by atoms with E-state index in [1.54, 1.807) is 7.05 Å². The summed E-state index contributed by atoms with van der Waals surface area (Å²) in [6.45, 7) is 7.46. The number of hydrogen-bond donors (Lipinski definition) is 1. The molecule has 0 rings (SSSR count). The summed E-state index contributed by atoms with van der Waals surface area (Å²) < 4.78 is 25.4. The molecule has 0 fully saturated rings. The first-order valence-corrected chi connectivity index (χ1v) is 7.94. The topological polar surface area (TPSA) is 63.4 Å². The molecule has 5 heteroatoms. The molecular formula is C12H28N2O2S. The predicted molar refractivity (Wildman–Crippen MR) is 73.4 cm³/mol. The fourth-order valence-electron chi connectivity index (χ4n) is 1.39. The number of hydrogen-bond acceptors (Lipinski definition) is 3. The highest BCUT2D eigenvalue weighted by Gasteiger charge is 2.21. The number of nitrogens with zero attached hydrogens (tertiary/aromatic N) is 1. The second kappa shape index (κ2) is 7.34. The van der Waals surface area contributed by atoms with Crippen molar-refractivity contribution in [3.8, 4) is 0 Å². The zero-order valence-corrected chi connectivity index (χ0v) is 12.5. The maximum absolute atomic E-state index is 11.9. The molecule has 0 amide bonds. The van der Waals surface area contributed by atoms with E-state index in [0.717, 1.165) is 19.3 Å². The van der Waals surface area contributed by atoms with E-state index in [9.17, 15) is 8.42 Å². The smallest absolute Gasteiger partial charge is 0.213 e. The largest absolute Gasteiger partial charge is 0.330 e. The van der Waals surface area contributed by atoms with Crippen LogP contribution in [0, 0.1) is 5.41 Å². The van der Waals surface area contributed by atoms with Gasteiger partial charge in [-0.2, -0.15) is 0 Å². The molecule has 0 aliphatic carbocycles. The van der Waals surface area contributed by atoms with Crippen molar-refractivity contribution in [3.63, 3.8) is 0 Å². The monoisotopic (exact) mass is 264 g/mol. The van der Waals surface area contributed by atoms with Crippen LogP contribution in [0.5, 0.6) is 0 Å². The standard InChI is InChI=1S/C12H28N2O2S/c1-12(2,3)8-11-17(15,16)14(4)10-7-5-6-9-13/h5-11,13H2,1-4H3. The normalized spacial score (nSPS) is 13.3. The van der Waals surface area contributed by atoms with E-state index in [1.165, 1.54) is 4.31 Å². The average molecular weight is 264 g/mol. The van der Waals surface area contributed by atoms with Crippen molar-refractivity contribution in [1.82, 2.24) is 4.31 Å². The minimum atomic E-state index is -3.08. The van der Waals surface area contributed by atoms with Crippen LogP contribution in [-0.4, -0.2) is 38.6 Å². The predicted octanol–water partition coefficient (Wildman–Crippen LogP) is 1.81. The summed E-state index contributed by atoms with van der Waals surface area (Å²) >= 11 is 0. The lowest BCUT2D eigenvalue weighted by molar-refractivity contribution is 0.387. The molecule has 0 aromatic heterocycles. The van der Waals surface area contributed by atoms with Crippen molar-refractivity contribution in [3.05, 3.63) is 0 Å². The Bertz CT molecular complexity index is 294. The van der Waals surface area contributed by atoms with E-state index in [4.69, 9.17) is 5.73 Å². The van der Waals surface area contributed by atoms with Gasteiger partial charge in [0.15, 0.2) is 0 Å². The molecule has 0 saturated heterocycles. The summed E-state index contributed by atoms with van der Waals surface area (Å²) in [5.41, 5.74) is 5.46. The molecule has 104 valence electrons. The number of nitrogens with two attached hydrogens (primary N) is 1. The third kappa shape index (κ3) is 8.57. The van der Waals surface area contributed by atoms with Crippen LogP contribution in [-0.2, 0) is 10.0 Å². The molecule has 0 unspecified atom stereocenters. The van der Waals surface area contributed by atoms with Gasteiger partial charge in [0, 0.05) is 13.6 Å². The Balaban J connectivity index is 4.04. The van der Waals surface area contributed by atoms with E-state index >= 15 is 0 Å². The lowest BCUT2D eigenvalue weighted by atomic mass is 9.94. The van der Waals surface area contributed by atoms with Gasteiger partial charge >= 0.3 is 0 Å². The van der Waals surface area contributed by atoms with Gasteiger partial charge in [-0.05, 0) is 31.2 Å². The molecule has 4 nitrogen and oxygen atoms in total. The van der Waals surface area contributed by atoms with Gasteiger partial charge in [0.2, 0.25) is 10.0 Å². The van der Waals surface area contributed by atoms with E-state index in [2.05, 4.69) is 20.8 Å². The summed E-state index contributed by atoms with van der Waals surface area (Å²) in [6, 6.07) is 0. The highest BCUT2D eigenvalue weighted by molar-refractivity contribution is 7.89. The molecule has 0 aliphatic heterocycles. The van der Waals surface area contributed by atoms with E-state index < -0.39 is 10.0 Å². The Labute approximate surface area is 107 Å². The first-order valence-electron chi connectivity index (χ1n) is 6.33. The lowest BCUT2D eigenvalue weighted by Gasteiger charge is -2.21. The van der Waals surface area contributed by atoms with E-state index in [0.29, 0.717) is 19.5 Å². The van der Waals surface area contributed by atoms with Crippen LogP contribution in [0.15, 0.2) is 0 Å². The molecule has 0 heterocycles. The highest BCUT2D eigenvalue weighted by atomic mass is 32.2. The van der Waals surface area contributed by atoms with Crippen molar-refractivity contribution >= 4 is 10.0 Å². The number of rotatable bonds is 8.